The fourth-order valence-corrected chi connectivity index (χ4v) is 2.51. The Bertz CT molecular complexity index is 700. The van der Waals surface area contributed by atoms with E-state index in [1.807, 2.05) is 31.2 Å². The number of amides is 1. The zero-order valence-electron chi connectivity index (χ0n) is 12.6. The van der Waals surface area contributed by atoms with Gasteiger partial charge in [-0.1, -0.05) is 19.1 Å². The highest BCUT2D eigenvalue weighted by Crippen LogP contribution is 2.29. The van der Waals surface area contributed by atoms with Gasteiger partial charge in [-0.2, -0.15) is 0 Å². The SMILES string of the molecule is CCc1ccc(N2C[C@@H](C)Oc3ncnc(N)c3C2=O)cc1. The topological polar surface area (TPSA) is 81.3 Å². The largest absolute Gasteiger partial charge is 0.472 e. The van der Waals surface area contributed by atoms with E-state index < -0.39 is 0 Å². The van der Waals surface area contributed by atoms with Gasteiger partial charge in [-0.05, 0) is 31.0 Å². The van der Waals surface area contributed by atoms with E-state index in [9.17, 15) is 4.79 Å². The van der Waals surface area contributed by atoms with Crippen molar-refractivity contribution in [3.63, 3.8) is 0 Å². The van der Waals surface area contributed by atoms with Crippen molar-refractivity contribution in [2.45, 2.75) is 26.4 Å². The van der Waals surface area contributed by atoms with Crippen LogP contribution in [0, 0.1) is 0 Å². The predicted octanol–water partition coefficient (Wildman–Crippen LogP) is 2.05. The summed E-state index contributed by atoms with van der Waals surface area (Å²) in [6.45, 7) is 4.42. The first-order chi connectivity index (χ1) is 10.6. The quantitative estimate of drug-likeness (QED) is 0.917. The number of ether oxygens (including phenoxy) is 1. The molecule has 0 aliphatic carbocycles. The lowest BCUT2D eigenvalue weighted by atomic mass is 10.1. The Morgan fingerprint density at radius 2 is 2.05 bits per heavy atom. The summed E-state index contributed by atoms with van der Waals surface area (Å²) in [7, 11) is 0. The van der Waals surface area contributed by atoms with Crippen molar-refractivity contribution in [3.8, 4) is 5.88 Å². The second-order valence-electron chi connectivity index (χ2n) is 5.30. The monoisotopic (exact) mass is 298 g/mol. The molecule has 1 aliphatic rings. The van der Waals surface area contributed by atoms with Gasteiger partial charge in [-0.15, -0.1) is 0 Å². The summed E-state index contributed by atoms with van der Waals surface area (Å²) in [5.41, 5.74) is 8.12. The minimum Gasteiger partial charge on any atom is -0.472 e. The Kier molecular flexibility index (Phi) is 3.66. The van der Waals surface area contributed by atoms with Gasteiger partial charge in [0.05, 0.1) is 6.54 Å². The molecule has 0 unspecified atom stereocenters. The fraction of sp³-hybridized carbons (Fsp3) is 0.312. The Hall–Kier alpha value is -2.63. The molecule has 2 heterocycles. The van der Waals surface area contributed by atoms with Gasteiger partial charge in [0.15, 0.2) is 0 Å². The van der Waals surface area contributed by atoms with Crippen LogP contribution in [0.4, 0.5) is 11.5 Å². The molecule has 2 N–H and O–H groups in total. The average Bonchev–Trinajstić information content (AvgIpc) is 2.65. The molecular weight excluding hydrogens is 280 g/mol. The van der Waals surface area contributed by atoms with Crippen molar-refractivity contribution in [2.75, 3.05) is 17.2 Å². The number of fused-ring (bicyclic) bond motifs is 1. The van der Waals surface area contributed by atoms with E-state index >= 15 is 0 Å². The van der Waals surface area contributed by atoms with Crippen LogP contribution in [0.15, 0.2) is 30.6 Å². The van der Waals surface area contributed by atoms with Crippen molar-refractivity contribution in [1.29, 1.82) is 0 Å². The lowest BCUT2D eigenvalue weighted by Crippen LogP contribution is -2.36. The van der Waals surface area contributed by atoms with Crippen LogP contribution in [-0.2, 0) is 6.42 Å². The highest BCUT2D eigenvalue weighted by Gasteiger charge is 2.31. The summed E-state index contributed by atoms with van der Waals surface area (Å²) in [6.07, 6.45) is 2.07. The minimum absolute atomic E-state index is 0.138. The highest BCUT2D eigenvalue weighted by atomic mass is 16.5. The Morgan fingerprint density at radius 3 is 2.73 bits per heavy atom. The standard InChI is InChI=1S/C16H18N4O2/c1-3-11-4-6-12(7-5-11)20-8-10(2)22-15-13(16(20)21)14(17)18-9-19-15/h4-7,9-10H,3,8H2,1-2H3,(H2,17,18,19)/t10-/m1/s1. The van der Waals surface area contributed by atoms with Crippen molar-refractivity contribution in [2.24, 2.45) is 0 Å². The van der Waals surface area contributed by atoms with Crippen LogP contribution >= 0.6 is 0 Å². The molecule has 0 bridgehead atoms. The van der Waals surface area contributed by atoms with Crippen LogP contribution in [0.25, 0.3) is 0 Å². The molecule has 0 fully saturated rings. The number of hydrogen-bond donors (Lipinski definition) is 1. The first-order valence-electron chi connectivity index (χ1n) is 7.28. The van der Waals surface area contributed by atoms with Crippen molar-refractivity contribution < 1.29 is 9.53 Å². The molecule has 6 heteroatoms. The number of anilines is 2. The number of carbonyl (C=O) groups excluding carboxylic acids is 1. The van der Waals surface area contributed by atoms with Gasteiger partial charge in [0.25, 0.3) is 5.91 Å². The van der Waals surface area contributed by atoms with E-state index in [1.54, 1.807) is 4.90 Å². The van der Waals surface area contributed by atoms with Crippen LogP contribution in [0.2, 0.25) is 0 Å². The second kappa shape index (κ2) is 5.63. The minimum atomic E-state index is -0.235. The van der Waals surface area contributed by atoms with E-state index in [2.05, 4.69) is 16.9 Å². The molecule has 3 rings (SSSR count). The third-order valence-electron chi connectivity index (χ3n) is 3.71. The maximum absolute atomic E-state index is 12.8. The number of benzene rings is 1. The molecule has 1 amide bonds. The summed E-state index contributed by atoms with van der Waals surface area (Å²) in [5, 5.41) is 0. The van der Waals surface area contributed by atoms with Crippen LogP contribution in [0.5, 0.6) is 5.88 Å². The van der Waals surface area contributed by atoms with Crippen LogP contribution in [0.1, 0.15) is 29.8 Å². The number of nitrogens with two attached hydrogens (primary N) is 1. The number of nitrogen functional groups attached to an aromatic ring is 1. The lowest BCUT2D eigenvalue weighted by Gasteiger charge is -2.22. The Labute approximate surface area is 128 Å². The molecular formula is C16H18N4O2. The molecule has 1 aromatic carbocycles. The summed E-state index contributed by atoms with van der Waals surface area (Å²) in [4.78, 5) is 22.4. The van der Waals surface area contributed by atoms with Gasteiger partial charge in [-0.3, -0.25) is 4.79 Å². The van der Waals surface area contributed by atoms with Gasteiger partial charge in [-0.25, -0.2) is 9.97 Å². The number of rotatable bonds is 2. The zero-order valence-corrected chi connectivity index (χ0v) is 12.6. The third kappa shape index (κ3) is 2.47. The van der Waals surface area contributed by atoms with E-state index in [1.165, 1.54) is 11.9 Å². The van der Waals surface area contributed by atoms with E-state index in [0.717, 1.165) is 12.1 Å². The lowest BCUT2D eigenvalue weighted by molar-refractivity contribution is 0.0988. The maximum Gasteiger partial charge on any atom is 0.267 e. The normalized spacial score (nSPS) is 17.6. The Balaban J connectivity index is 2.04. The molecule has 1 atom stereocenters. The maximum atomic E-state index is 12.8. The number of aromatic nitrogens is 2. The van der Waals surface area contributed by atoms with Gasteiger partial charge < -0.3 is 15.4 Å². The summed E-state index contributed by atoms with van der Waals surface area (Å²) in [5.74, 6) is 0.152. The molecule has 0 saturated carbocycles. The third-order valence-corrected chi connectivity index (χ3v) is 3.71. The van der Waals surface area contributed by atoms with Crippen LogP contribution < -0.4 is 15.4 Å². The van der Waals surface area contributed by atoms with Crippen molar-refractivity contribution in [3.05, 3.63) is 41.7 Å². The summed E-state index contributed by atoms with van der Waals surface area (Å²) >= 11 is 0. The van der Waals surface area contributed by atoms with E-state index in [4.69, 9.17) is 10.5 Å². The number of hydrogen-bond acceptors (Lipinski definition) is 5. The smallest absolute Gasteiger partial charge is 0.267 e. The van der Waals surface area contributed by atoms with Crippen molar-refractivity contribution in [1.82, 2.24) is 9.97 Å². The number of carbonyl (C=O) groups is 1. The zero-order chi connectivity index (χ0) is 15.7. The van der Waals surface area contributed by atoms with E-state index in [0.29, 0.717) is 6.54 Å². The summed E-state index contributed by atoms with van der Waals surface area (Å²) in [6, 6.07) is 7.92. The predicted molar refractivity (Wildman–Crippen MR) is 84.0 cm³/mol. The average molecular weight is 298 g/mol. The first-order valence-corrected chi connectivity index (χ1v) is 7.28. The first kappa shape index (κ1) is 14.3. The second-order valence-corrected chi connectivity index (χ2v) is 5.30. The molecule has 22 heavy (non-hydrogen) atoms. The van der Waals surface area contributed by atoms with Gasteiger partial charge in [0.2, 0.25) is 5.88 Å². The van der Waals surface area contributed by atoms with Crippen molar-refractivity contribution >= 4 is 17.4 Å². The number of nitrogens with zero attached hydrogens (tertiary/aromatic N) is 3. The van der Waals surface area contributed by atoms with Gasteiger partial charge in [0.1, 0.15) is 23.8 Å². The molecule has 0 radical (unpaired) electrons. The molecule has 0 spiro atoms. The molecule has 114 valence electrons. The fourth-order valence-electron chi connectivity index (χ4n) is 2.51. The van der Waals surface area contributed by atoms with Crippen LogP contribution in [-0.4, -0.2) is 28.5 Å². The number of aryl methyl sites for hydroxylation is 1. The summed E-state index contributed by atoms with van der Waals surface area (Å²) < 4.78 is 5.71. The van der Waals surface area contributed by atoms with Crippen LogP contribution in [0.3, 0.4) is 0 Å². The molecule has 0 saturated heterocycles. The molecule has 1 aromatic heterocycles. The molecule has 1 aliphatic heterocycles. The van der Waals surface area contributed by atoms with E-state index in [-0.39, 0.29) is 29.3 Å². The van der Waals surface area contributed by atoms with Gasteiger partial charge >= 0.3 is 0 Å². The highest BCUT2D eigenvalue weighted by molar-refractivity contribution is 6.10. The Morgan fingerprint density at radius 1 is 1.32 bits per heavy atom. The molecule has 6 nitrogen and oxygen atoms in total. The van der Waals surface area contributed by atoms with Gasteiger partial charge in [0, 0.05) is 5.69 Å². The molecule has 2 aromatic rings.